The average Bonchev–Trinajstić information content (AvgIpc) is 3.78. The van der Waals surface area contributed by atoms with Crippen LogP contribution in [-0.2, 0) is 0 Å². The van der Waals surface area contributed by atoms with Crippen molar-refractivity contribution in [2.75, 3.05) is 0 Å². The molecule has 0 saturated carbocycles. The summed E-state index contributed by atoms with van der Waals surface area (Å²) in [5.74, 6) is -24.7. The Morgan fingerprint density at radius 3 is 1.31 bits per heavy atom. The maximum Gasteiger partial charge on any atom is 0.208 e. The third-order valence-corrected chi connectivity index (χ3v) is 11.3. The van der Waals surface area contributed by atoms with E-state index in [-0.39, 0.29) is 0 Å². The van der Waals surface area contributed by atoms with Gasteiger partial charge in [0.1, 0.15) is 76.0 Å². The van der Waals surface area contributed by atoms with Gasteiger partial charge in [-0.05, 0) is 16.4 Å². The van der Waals surface area contributed by atoms with Crippen LogP contribution in [0.1, 0.15) is 41.6 Å². The van der Waals surface area contributed by atoms with Gasteiger partial charge in [-0.15, -0.1) is 0 Å². The summed E-state index contributed by atoms with van der Waals surface area (Å²) < 4.78 is 0.883. The fourth-order valence-electron chi connectivity index (χ4n) is 8.21. The molecule has 2 heterocycles. The summed E-state index contributed by atoms with van der Waals surface area (Å²) in [5, 5.41) is 220. The predicted molar refractivity (Wildman–Crippen MR) is 212 cm³/mol. The van der Waals surface area contributed by atoms with Crippen molar-refractivity contribution in [3.05, 3.63) is 34.0 Å². The van der Waals surface area contributed by atoms with E-state index >= 15 is 0 Å². The van der Waals surface area contributed by atoms with Crippen LogP contribution in [0, 0.1) is 5.92 Å². The number of aromatic nitrogens is 2. The maximum absolute atomic E-state index is 12.2. The molecule has 2 aliphatic carbocycles. The summed E-state index contributed by atoms with van der Waals surface area (Å²) >= 11 is 0. The molecule has 4 unspecified atom stereocenters. The van der Waals surface area contributed by atoms with Crippen LogP contribution in [0.15, 0.2) is 11.5 Å². The highest BCUT2D eigenvalue weighted by atomic mass is 16.4. The molecule has 0 fully saturated rings. The molecule has 20 N–H and O–H groups in total. The van der Waals surface area contributed by atoms with E-state index in [1.807, 2.05) is 0 Å². The Kier molecular flexibility index (Phi) is 8.45. The molecule has 6 radical (unpaired) electrons. The molecule has 2 aliphatic rings. The summed E-state index contributed by atoms with van der Waals surface area (Å²) in [6, 6.07) is 0. The minimum Gasteiger partial charge on any atom is -0.513 e. The second kappa shape index (κ2) is 12.8. The zero-order valence-electron chi connectivity index (χ0n) is 30.9. The van der Waals surface area contributed by atoms with Crippen molar-refractivity contribution in [1.29, 1.82) is 0 Å². The standard InChI is InChI=1S/C37H27B3N2O20/c1-2-18(43)9(38)3-4-14(42(13(3)19(2)44)16-29(54)25(50)11(40)26(51)30(16)55)27(52)24(49)8(20(4)45)7-21(46)5-6-15(28(53)34(59)33(58)23(6)48)41(12(5)10(39)22(7)47)17-31(56)35(60)37(62)36(61)32(17)57/h2,19,28,34,43-62H,1H3. The molecule has 22 nitrogen and oxygen atoms in total. The number of aliphatic hydroxyl groups excluding tert-OH is 6. The summed E-state index contributed by atoms with van der Waals surface area (Å²) in [6.45, 7) is 1.23. The summed E-state index contributed by atoms with van der Waals surface area (Å²) in [5.41, 5.74) is -12.4. The SMILES string of the molecule is [B]C1=C(O)C(C)C(O)c2c1c1c(O)c(-c3c(O)c([B])c4c(c3O)c3c(n4-c4c(O)c(O)c(O)c(O)c4O)C(O)C(O)C(O)=C3O)c(O)c(O)c1n2-c1c(O)c(O)c([B])c(O)c1O. The second-order valence-electron chi connectivity index (χ2n) is 14.4. The van der Waals surface area contributed by atoms with Crippen molar-refractivity contribution < 1.29 is 102 Å². The first-order chi connectivity index (χ1) is 28.9. The van der Waals surface area contributed by atoms with Crippen LogP contribution < -0.4 is 10.9 Å². The number of fused-ring (bicyclic) bond motifs is 6. The van der Waals surface area contributed by atoms with Crippen molar-refractivity contribution in [1.82, 2.24) is 9.13 Å². The maximum atomic E-state index is 12.2. The van der Waals surface area contributed by atoms with E-state index in [1.165, 1.54) is 6.92 Å². The zero-order chi connectivity index (χ0) is 45.9. The van der Waals surface area contributed by atoms with Gasteiger partial charge < -0.3 is 107 Å². The summed E-state index contributed by atoms with van der Waals surface area (Å²) in [6.07, 6.45) is -6.88. The molecular formula is C37H27B3N2O20. The highest BCUT2D eigenvalue weighted by Crippen LogP contribution is 2.62. The van der Waals surface area contributed by atoms with Gasteiger partial charge >= 0.3 is 0 Å². The number of phenols is 14. The van der Waals surface area contributed by atoms with Gasteiger partial charge in [0.15, 0.2) is 57.5 Å². The van der Waals surface area contributed by atoms with Gasteiger partial charge in [0.25, 0.3) is 0 Å². The first-order valence-corrected chi connectivity index (χ1v) is 17.4. The topological polar surface area (TPSA) is 414 Å². The minimum absolute atomic E-state index is 0.368. The quantitative estimate of drug-likeness (QED) is 0.0632. The molecule has 4 atom stereocenters. The first kappa shape index (κ1) is 40.9. The molecule has 314 valence electrons. The smallest absolute Gasteiger partial charge is 0.208 e. The number of nitrogens with zero attached hydrogens (tertiary/aromatic N) is 2. The van der Waals surface area contributed by atoms with Gasteiger partial charge in [0, 0.05) is 11.5 Å². The van der Waals surface area contributed by atoms with E-state index in [0.717, 1.165) is 0 Å². The molecule has 6 aromatic rings. The predicted octanol–water partition coefficient (Wildman–Crippen LogP) is -0.0219. The van der Waals surface area contributed by atoms with Crippen LogP contribution in [0.3, 0.4) is 0 Å². The summed E-state index contributed by atoms with van der Waals surface area (Å²) in [4.78, 5) is 0. The van der Waals surface area contributed by atoms with Gasteiger partial charge in [0.2, 0.25) is 17.2 Å². The third-order valence-electron chi connectivity index (χ3n) is 11.3. The Labute approximate surface area is 346 Å². The Hall–Kier alpha value is -7.89. The number of hydrogen-bond acceptors (Lipinski definition) is 20. The van der Waals surface area contributed by atoms with Crippen molar-refractivity contribution in [3.63, 3.8) is 0 Å². The molecular weight excluding hydrogens is 825 g/mol. The fraction of sp³-hybridized carbons (Fsp3) is 0.135. The molecule has 62 heavy (non-hydrogen) atoms. The van der Waals surface area contributed by atoms with Gasteiger partial charge in [-0.3, -0.25) is 4.57 Å². The van der Waals surface area contributed by atoms with E-state index < -0.39 is 205 Å². The molecule has 25 heteroatoms. The number of hydrogen-bond donors (Lipinski definition) is 20. The van der Waals surface area contributed by atoms with Gasteiger partial charge in [-0.25, -0.2) is 0 Å². The van der Waals surface area contributed by atoms with Crippen LogP contribution >= 0.6 is 0 Å². The number of phenolic OH excluding ortho intramolecular Hbond substituents is 14. The number of aromatic hydroxyl groups is 14. The second-order valence-corrected chi connectivity index (χ2v) is 14.4. The van der Waals surface area contributed by atoms with Gasteiger partial charge in [0.05, 0.1) is 50.1 Å². The van der Waals surface area contributed by atoms with Crippen molar-refractivity contribution in [2.24, 2.45) is 5.92 Å². The van der Waals surface area contributed by atoms with Crippen molar-refractivity contribution in [2.45, 2.75) is 25.2 Å². The fourth-order valence-corrected chi connectivity index (χ4v) is 8.21. The van der Waals surface area contributed by atoms with Gasteiger partial charge in [-0.1, -0.05) is 6.92 Å². The normalized spacial score (nSPS) is 18.8. The summed E-state index contributed by atoms with van der Waals surface area (Å²) in [7, 11) is 18.3. The van der Waals surface area contributed by atoms with E-state index in [4.69, 9.17) is 23.5 Å². The zero-order valence-corrected chi connectivity index (χ0v) is 30.9. The largest absolute Gasteiger partial charge is 0.513 e. The highest BCUT2D eigenvalue weighted by Gasteiger charge is 2.45. The Bertz CT molecular complexity index is 2900. The minimum atomic E-state index is -2.46. The van der Waals surface area contributed by atoms with Gasteiger partial charge in [-0.2, -0.15) is 0 Å². The van der Waals surface area contributed by atoms with Crippen LogP contribution in [0.2, 0.25) is 0 Å². The van der Waals surface area contributed by atoms with E-state index in [1.54, 1.807) is 0 Å². The lowest BCUT2D eigenvalue weighted by atomic mass is 9.75. The molecule has 0 aliphatic heterocycles. The van der Waals surface area contributed by atoms with E-state index in [2.05, 4.69) is 0 Å². The van der Waals surface area contributed by atoms with Crippen LogP contribution in [0.25, 0.3) is 55.5 Å². The Morgan fingerprint density at radius 1 is 0.371 bits per heavy atom. The highest BCUT2D eigenvalue weighted by molar-refractivity contribution is 6.45. The first-order valence-electron chi connectivity index (χ1n) is 17.4. The molecule has 0 bridgehead atoms. The van der Waals surface area contributed by atoms with E-state index in [0.29, 0.717) is 9.13 Å². The van der Waals surface area contributed by atoms with Crippen LogP contribution in [0.5, 0.6) is 80.5 Å². The third kappa shape index (κ3) is 4.60. The molecule has 8 rings (SSSR count). The lowest BCUT2D eigenvalue weighted by Gasteiger charge is -2.29. The Morgan fingerprint density at radius 2 is 0.790 bits per heavy atom. The number of benzene rings is 4. The molecule has 0 saturated heterocycles. The van der Waals surface area contributed by atoms with Crippen molar-refractivity contribution >= 4 is 67.5 Å². The van der Waals surface area contributed by atoms with E-state index in [9.17, 15) is 102 Å². The molecule has 4 aromatic carbocycles. The number of aliphatic hydroxyl groups is 6. The monoisotopic (exact) mass is 852 g/mol. The van der Waals surface area contributed by atoms with Crippen LogP contribution in [0.4, 0.5) is 0 Å². The molecule has 2 aromatic heterocycles. The lowest BCUT2D eigenvalue weighted by Crippen LogP contribution is -2.28. The van der Waals surface area contributed by atoms with Crippen molar-refractivity contribution in [3.8, 4) is 103 Å². The Balaban J connectivity index is 1.60. The lowest BCUT2D eigenvalue weighted by molar-refractivity contribution is 0.00927. The average molecular weight is 852 g/mol. The van der Waals surface area contributed by atoms with Crippen LogP contribution in [-0.4, -0.2) is 141 Å². The number of rotatable bonds is 3. The molecule has 0 amide bonds. The molecule has 0 spiro atoms.